The van der Waals surface area contributed by atoms with Crippen LogP contribution in [0.25, 0.3) is 21.0 Å². The first kappa shape index (κ1) is 13.6. The maximum absolute atomic E-state index is 13.0. The number of aldehydes is 1. The third kappa shape index (κ3) is 2.76. The van der Waals surface area contributed by atoms with E-state index in [9.17, 15) is 9.18 Å². The predicted octanol–water partition coefficient (Wildman–Crippen LogP) is 4.74. The van der Waals surface area contributed by atoms with E-state index in [1.807, 2.05) is 31.2 Å². The quantitative estimate of drug-likeness (QED) is 0.654. The molecule has 0 amide bonds. The van der Waals surface area contributed by atoms with Crippen LogP contribution in [-0.2, 0) is 0 Å². The number of carbonyl (C=O) groups excluding carboxylic acids is 1. The first-order valence-electron chi connectivity index (χ1n) is 6.46. The van der Waals surface area contributed by atoms with Crippen LogP contribution >= 0.6 is 11.3 Å². The molecular weight excluding hydrogens is 285 g/mol. The molecule has 0 saturated heterocycles. The predicted molar refractivity (Wildman–Crippen MR) is 83.1 cm³/mol. The molecule has 0 atom stereocenters. The molecule has 4 heteroatoms. The van der Waals surface area contributed by atoms with Gasteiger partial charge in [-0.15, -0.1) is 11.3 Å². The van der Waals surface area contributed by atoms with E-state index in [1.54, 1.807) is 12.1 Å². The number of thiazole rings is 1. The van der Waals surface area contributed by atoms with Crippen LogP contribution in [0.2, 0.25) is 0 Å². The second-order valence-electron chi connectivity index (χ2n) is 4.73. The Bertz CT molecular complexity index is 793. The van der Waals surface area contributed by atoms with Crippen molar-refractivity contribution in [3.63, 3.8) is 0 Å². The van der Waals surface area contributed by atoms with Crippen molar-refractivity contribution in [2.24, 2.45) is 0 Å². The second-order valence-corrected chi connectivity index (χ2v) is 5.73. The van der Waals surface area contributed by atoms with Gasteiger partial charge < -0.3 is 0 Å². The van der Waals surface area contributed by atoms with Crippen LogP contribution in [-0.4, -0.2) is 11.3 Å². The van der Waals surface area contributed by atoms with Crippen molar-refractivity contribution in [2.45, 2.75) is 6.92 Å². The number of rotatable bonds is 3. The number of carbonyl (C=O) groups is 1. The summed E-state index contributed by atoms with van der Waals surface area (Å²) in [6.07, 6.45) is 0.745. The lowest BCUT2D eigenvalue weighted by molar-refractivity contribution is 0.112. The standard InChI is InChI=1S/C17H12FNOS/c1-11-3-2-4-13(9-11)17-19-15(10-20)16(21-17)12-5-7-14(18)8-6-12/h2-10H,1H3. The molecule has 2 nitrogen and oxygen atoms in total. The number of aromatic nitrogens is 1. The van der Waals surface area contributed by atoms with Gasteiger partial charge in [0.15, 0.2) is 6.29 Å². The summed E-state index contributed by atoms with van der Waals surface area (Å²) >= 11 is 1.44. The molecule has 0 radical (unpaired) electrons. The van der Waals surface area contributed by atoms with Gasteiger partial charge in [0.25, 0.3) is 0 Å². The van der Waals surface area contributed by atoms with Crippen LogP contribution in [0, 0.1) is 12.7 Å². The van der Waals surface area contributed by atoms with Gasteiger partial charge in [0, 0.05) is 5.56 Å². The summed E-state index contributed by atoms with van der Waals surface area (Å²) in [5.41, 5.74) is 3.31. The first-order valence-corrected chi connectivity index (χ1v) is 7.28. The Hall–Kier alpha value is -2.33. The minimum Gasteiger partial charge on any atom is -0.296 e. The van der Waals surface area contributed by atoms with E-state index < -0.39 is 0 Å². The lowest BCUT2D eigenvalue weighted by Crippen LogP contribution is -1.85. The summed E-state index contributed by atoms with van der Waals surface area (Å²) in [7, 11) is 0. The Morgan fingerprint density at radius 1 is 1.10 bits per heavy atom. The van der Waals surface area contributed by atoms with Crippen LogP contribution in [0.5, 0.6) is 0 Å². The molecule has 0 unspecified atom stereocenters. The van der Waals surface area contributed by atoms with Gasteiger partial charge in [-0.1, -0.05) is 35.9 Å². The smallest absolute Gasteiger partial charge is 0.169 e. The largest absolute Gasteiger partial charge is 0.296 e. The van der Waals surface area contributed by atoms with Crippen LogP contribution in [0.1, 0.15) is 16.1 Å². The molecule has 0 aliphatic carbocycles. The fraction of sp³-hybridized carbons (Fsp3) is 0.0588. The molecule has 1 heterocycles. The van der Waals surface area contributed by atoms with Crippen molar-refractivity contribution < 1.29 is 9.18 Å². The Balaban J connectivity index is 2.10. The zero-order chi connectivity index (χ0) is 14.8. The minimum absolute atomic E-state index is 0.296. The van der Waals surface area contributed by atoms with Crippen molar-refractivity contribution in [2.75, 3.05) is 0 Å². The van der Waals surface area contributed by atoms with Crippen molar-refractivity contribution in [1.29, 1.82) is 0 Å². The van der Waals surface area contributed by atoms with Gasteiger partial charge in [-0.2, -0.15) is 0 Å². The van der Waals surface area contributed by atoms with Gasteiger partial charge in [-0.3, -0.25) is 4.79 Å². The lowest BCUT2D eigenvalue weighted by Gasteiger charge is -1.98. The van der Waals surface area contributed by atoms with Crippen molar-refractivity contribution >= 4 is 17.6 Å². The van der Waals surface area contributed by atoms with Gasteiger partial charge in [-0.05, 0) is 30.7 Å². The molecule has 2 aromatic carbocycles. The van der Waals surface area contributed by atoms with E-state index in [0.717, 1.165) is 32.9 Å². The highest BCUT2D eigenvalue weighted by atomic mass is 32.1. The topological polar surface area (TPSA) is 30.0 Å². The van der Waals surface area contributed by atoms with Gasteiger partial charge in [-0.25, -0.2) is 9.37 Å². The second kappa shape index (κ2) is 5.58. The highest BCUT2D eigenvalue weighted by Crippen LogP contribution is 2.35. The van der Waals surface area contributed by atoms with Crippen LogP contribution < -0.4 is 0 Å². The maximum atomic E-state index is 13.0. The summed E-state index contributed by atoms with van der Waals surface area (Å²) in [4.78, 5) is 16.4. The van der Waals surface area contributed by atoms with E-state index >= 15 is 0 Å². The highest BCUT2D eigenvalue weighted by molar-refractivity contribution is 7.18. The van der Waals surface area contributed by atoms with E-state index in [4.69, 9.17) is 0 Å². The molecule has 0 fully saturated rings. The molecule has 1 aromatic heterocycles. The molecule has 21 heavy (non-hydrogen) atoms. The van der Waals surface area contributed by atoms with E-state index in [2.05, 4.69) is 4.98 Å². The molecule has 0 N–H and O–H groups in total. The van der Waals surface area contributed by atoms with Crippen molar-refractivity contribution in [1.82, 2.24) is 4.98 Å². The summed E-state index contributed by atoms with van der Waals surface area (Å²) in [6, 6.07) is 14.1. The average Bonchev–Trinajstić information content (AvgIpc) is 2.92. The lowest BCUT2D eigenvalue weighted by atomic mass is 10.1. The minimum atomic E-state index is -0.296. The number of nitrogens with zero attached hydrogens (tertiary/aromatic N) is 1. The molecular formula is C17H12FNOS. The molecule has 0 aliphatic rings. The van der Waals surface area contributed by atoms with Gasteiger partial charge in [0.2, 0.25) is 0 Å². The monoisotopic (exact) mass is 297 g/mol. The number of aryl methyl sites for hydroxylation is 1. The summed E-state index contributed by atoms with van der Waals surface area (Å²) in [5, 5.41) is 0.792. The van der Waals surface area contributed by atoms with Gasteiger partial charge in [0.05, 0.1) is 4.88 Å². The van der Waals surface area contributed by atoms with Crippen molar-refractivity contribution in [3.05, 3.63) is 65.6 Å². The summed E-state index contributed by atoms with van der Waals surface area (Å²) in [6.45, 7) is 2.01. The molecule has 0 saturated carbocycles. The molecule has 104 valence electrons. The third-order valence-electron chi connectivity index (χ3n) is 3.14. The molecule has 0 aliphatic heterocycles. The van der Waals surface area contributed by atoms with Gasteiger partial charge in [0.1, 0.15) is 16.5 Å². The van der Waals surface area contributed by atoms with Crippen LogP contribution in [0.15, 0.2) is 48.5 Å². The van der Waals surface area contributed by atoms with Crippen molar-refractivity contribution in [3.8, 4) is 21.0 Å². The Morgan fingerprint density at radius 2 is 1.86 bits per heavy atom. The highest BCUT2D eigenvalue weighted by Gasteiger charge is 2.14. The normalized spacial score (nSPS) is 10.6. The van der Waals surface area contributed by atoms with Crippen LogP contribution in [0.3, 0.4) is 0 Å². The molecule has 0 bridgehead atoms. The number of hydrogen-bond acceptors (Lipinski definition) is 3. The summed E-state index contributed by atoms with van der Waals surface area (Å²) < 4.78 is 13.0. The fourth-order valence-corrected chi connectivity index (χ4v) is 3.16. The zero-order valence-corrected chi connectivity index (χ0v) is 12.2. The Morgan fingerprint density at radius 3 is 2.52 bits per heavy atom. The molecule has 3 aromatic rings. The number of halogens is 1. The molecule has 0 spiro atoms. The number of benzene rings is 2. The average molecular weight is 297 g/mol. The Labute approximate surface area is 125 Å². The SMILES string of the molecule is Cc1cccc(-c2nc(C=O)c(-c3ccc(F)cc3)s2)c1. The number of hydrogen-bond donors (Lipinski definition) is 0. The zero-order valence-electron chi connectivity index (χ0n) is 11.3. The maximum Gasteiger partial charge on any atom is 0.169 e. The van der Waals surface area contributed by atoms with E-state index in [1.165, 1.54) is 23.5 Å². The summed E-state index contributed by atoms with van der Waals surface area (Å²) in [5.74, 6) is -0.296. The van der Waals surface area contributed by atoms with E-state index in [0.29, 0.717) is 5.69 Å². The van der Waals surface area contributed by atoms with Gasteiger partial charge >= 0.3 is 0 Å². The van der Waals surface area contributed by atoms with Crippen LogP contribution in [0.4, 0.5) is 4.39 Å². The molecule has 3 rings (SSSR count). The fourth-order valence-electron chi connectivity index (χ4n) is 2.12. The first-order chi connectivity index (χ1) is 10.2. The third-order valence-corrected chi connectivity index (χ3v) is 4.31. The Kier molecular flexibility index (Phi) is 3.62. The van der Waals surface area contributed by atoms with E-state index in [-0.39, 0.29) is 5.82 Å².